The molecule has 1 aliphatic heterocycles. The molecule has 0 saturated heterocycles. The maximum absolute atomic E-state index is 12.9. The molecule has 4 amide bonds. The highest BCUT2D eigenvalue weighted by molar-refractivity contribution is 6.22. The first kappa shape index (κ1) is 24.0. The molecule has 174 valence electrons. The van der Waals surface area contributed by atoms with Crippen LogP contribution in [0.2, 0.25) is 0 Å². The van der Waals surface area contributed by atoms with Gasteiger partial charge >= 0.3 is 0 Å². The summed E-state index contributed by atoms with van der Waals surface area (Å²) in [5, 5.41) is 0. The maximum atomic E-state index is 12.9. The largest absolute Gasteiger partial charge is 0.483 e. The van der Waals surface area contributed by atoms with Gasteiger partial charge in [-0.15, -0.1) is 0 Å². The zero-order valence-electron chi connectivity index (χ0n) is 19.5. The van der Waals surface area contributed by atoms with Crippen LogP contribution in [0.25, 0.3) is 0 Å². The Hall–Kier alpha value is -3.68. The normalized spacial score (nSPS) is 13.8. The van der Waals surface area contributed by atoms with Crippen molar-refractivity contribution in [3.05, 3.63) is 64.7 Å². The summed E-state index contributed by atoms with van der Waals surface area (Å²) in [6.07, 6.45) is 0. The van der Waals surface area contributed by atoms with Crippen molar-refractivity contribution < 1.29 is 23.9 Å². The molecule has 2 aromatic carbocycles. The van der Waals surface area contributed by atoms with Gasteiger partial charge in [-0.25, -0.2) is 0 Å². The zero-order valence-corrected chi connectivity index (χ0v) is 19.5. The van der Waals surface area contributed by atoms with Crippen LogP contribution in [0.5, 0.6) is 5.75 Å². The molecule has 0 spiro atoms. The van der Waals surface area contributed by atoms with Crippen LogP contribution in [0.4, 0.5) is 0 Å². The second-order valence-electron chi connectivity index (χ2n) is 8.74. The lowest BCUT2D eigenvalue weighted by molar-refractivity contribution is -0.132. The highest BCUT2D eigenvalue weighted by Gasteiger charge is 2.44. The molecular weight excluding hydrogens is 422 g/mol. The van der Waals surface area contributed by atoms with Gasteiger partial charge in [0.25, 0.3) is 23.6 Å². The van der Waals surface area contributed by atoms with Crippen LogP contribution in [0.15, 0.2) is 42.5 Å². The van der Waals surface area contributed by atoms with E-state index < -0.39 is 29.7 Å². The number of amides is 4. The average Bonchev–Trinajstić information content (AvgIpc) is 3.01. The SMILES string of the molecule is Cc1ccc(C(C)C)c(OCC(=O)NNC(=O)[C@H](C(C)C)N2C(=O)c3ccccc3C2=O)c1. The Bertz CT molecular complexity index is 1060. The van der Waals surface area contributed by atoms with Crippen molar-refractivity contribution in [3.63, 3.8) is 0 Å². The van der Waals surface area contributed by atoms with Crippen molar-refractivity contribution in [2.45, 2.75) is 46.6 Å². The van der Waals surface area contributed by atoms with E-state index in [0.29, 0.717) is 5.75 Å². The molecule has 0 radical (unpaired) electrons. The van der Waals surface area contributed by atoms with Gasteiger partial charge < -0.3 is 4.74 Å². The van der Waals surface area contributed by atoms with Gasteiger partial charge in [-0.2, -0.15) is 0 Å². The smallest absolute Gasteiger partial charge is 0.276 e. The fourth-order valence-electron chi connectivity index (χ4n) is 3.81. The first-order valence-electron chi connectivity index (χ1n) is 10.9. The van der Waals surface area contributed by atoms with Crippen molar-refractivity contribution in [1.82, 2.24) is 15.8 Å². The molecule has 8 heteroatoms. The molecule has 0 unspecified atom stereocenters. The van der Waals surface area contributed by atoms with E-state index in [9.17, 15) is 19.2 Å². The lowest BCUT2D eigenvalue weighted by Gasteiger charge is -2.28. The van der Waals surface area contributed by atoms with Crippen LogP contribution in [0, 0.1) is 12.8 Å². The minimum absolute atomic E-state index is 0.217. The number of carbonyl (C=O) groups excluding carboxylic acids is 4. The number of imide groups is 1. The van der Waals surface area contributed by atoms with Crippen molar-refractivity contribution >= 4 is 23.6 Å². The zero-order chi connectivity index (χ0) is 24.3. The summed E-state index contributed by atoms with van der Waals surface area (Å²) in [6.45, 7) is 9.14. The van der Waals surface area contributed by atoms with Gasteiger partial charge in [0.2, 0.25) is 0 Å². The molecule has 1 heterocycles. The number of benzene rings is 2. The molecule has 33 heavy (non-hydrogen) atoms. The Morgan fingerprint density at radius 3 is 2.09 bits per heavy atom. The topological polar surface area (TPSA) is 105 Å². The van der Waals surface area contributed by atoms with E-state index >= 15 is 0 Å². The number of nitrogens with one attached hydrogen (secondary N) is 2. The summed E-state index contributed by atoms with van der Waals surface area (Å²) in [4.78, 5) is 51.7. The van der Waals surface area contributed by atoms with E-state index in [0.717, 1.165) is 16.0 Å². The molecule has 0 bridgehead atoms. The Kier molecular flexibility index (Phi) is 7.16. The molecule has 0 aromatic heterocycles. The van der Waals surface area contributed by atoms with Crippen molar-refractivity contribution in [1.29, 1.82) is 0 Å². The van der Waals surface area contributed by atoms with E-state index in [-0.39, 0.29) is 29.6 Å². The number of nitrogens with zero attached hydrogens (tertiary/aromatic N) is 1. The third-order valence-corrected chi connectivity index (χ3v) is 5.48. The lowest BCUT2D eigenvalue weighted by Crippen LogP contribution is -2.56. The summed E-state index contributed by atoms with van der Waals surface area (Å²) >= 11 is 0. The van der Waals surface area contributed by atoms with E-state index in [4.69, 9.17) is 4.74 Å². The Balaban J connectivity index is 1.63. The van der Waals surface area contributed by atoms with E-state index in [1.165, 1.54) is 0 Å². The molecular formula is C25H29N3O5. The van der Waals surface area contributed by atoms with Crippen LogP contribution in [0.1, 0.15) is 65.5 Å². The second kappa shape index (κ2) is 9.85. The second-order valence-corrected chi connectivity index (χ2v) is 8.74. The minimum Gasteiger partial charge on any atom is -0.483 e. The van der Waals surface area contributed by atoms with Crippen LogP contribution in [-0.4, -0.2) is 41.2 Å². The summed E-state index contributed by atoms with van der Waals surface area (Å²) in [5.41, 5.74) is 7.14. The van der Waals surface area contributed by atoms with Gasteiger partial charge in [-0.1, -0.05) is 52.0 Å². The number of hydrogen-bond donors (Lipinski definition) is 2. The Labute approximate surface area is 193 Å². The van der Waals surface area contributed by atoms with Crippen molar-refractivity contribution in [2.75, 3.05) is 6.61 Å². The summed E-state index contributed by atoms with van der Waals surface area (Å²) in [6, 6.07) is 11.2. The van der Waals surface area contributed by atoms with Crippen LogP contribution < -0.4 is 15.6 Å². The molecule has 0 aliphatic carbocycles. The maximum Gasteiger partial charge on any atom is 0.276 e. The van der Waals surface area contributed by atoms with E-state index in [2.05, 4.69) is 10.9 Å². The summed E-state index contributed by atoms with van der Waals surface area (Å²) < 4.78 is 5.68. The number of rotatable bonds is 7. The summed E-state index contributed by atoms with van der Waals surface area (Å²) in [7, 11) is 0. The predicted molar refractivity (Wildman–Crippen MR) is 123 cm³/mol. The molecule has 1 atom stereocenters. The number of aryl methyl sites for hydroxylation is 1. The quantitative estimate of drug-likeness (QED) is 0.497. The van der Waals surface area contributed by atoms with Crippen LogP contribution >= 0.6 is 0 Å². The third kappa shape index (κ3) is 5.05. The third-order valence-electron chi connectivity index (χ3n) is 5.48. The Morgan fingerprint density at radius 2 is 1.55 bits per heavy atom. The molecule has 1 aliphatic rings. The summed E-state index contributed by atoms with van der Waals surface area (Å²) in [5.74, 6) is -1.83. The highest BCUT2D eigenvalue weighted by Crippen LogP contribution is 2.28. The van der Waals surface area contributed by atoms with Crippen LogP contribution in [-0.2, 0) is 9.59 Å². The first-order chi connectivity index (χ1) is 15.6. The first-order valence-corrected chi connectivity index (χ1v) is 10.9. The number of carbonyl (C=O) groups is 4. The van der Waals surface area contributed by atoms with Gasteiger partial charge in [0, 0.05) is 0 Å². The predicted octanol–water partition coefficient (Wildman–Crippen LogP) is 2.97. The van der Waals surface area contributed by atoms with Gasteiger partial charge in [-0.05, 0) is 48.1 Å². The molecule has 0 fully saturated rings. The minimum atomic E-state index is -1.08. The standard InChI is InChI=1S/C25H29N3O5/c1-14(2)17-11-10-16(5)12-20(17)33-13-21(29)26-27-23(30)22(15(3)4)28-24(31)18-8-6-7-9-19(18)25(28)32/h6-12,14-15,22H,13H2,1-5H3,(H,26,29)(H,27,30)/t22-/m0/s1. The number of hydrazine groups is 1. The van der Waals surface area contributed by atoms with E-state index in [1.807, 2.05) is 39.0 Å². The number of ether oxygens (including phenoxy) is 1. The Morgan fingerprint density at radius 1 is 0.939 bits per heavy atom. The molecule has 2 aromatic rings. The van der Waals surface area contributed by atoms with Gasteiger partial charge in [0.1, 0.15) is 11.8 Å². The molecule has 0 saturated carbocycles. The van der Waals surface area contributed by atoms with Crippen molar-refractivity contribution in [2.24, 2.45) is 5.92 Å². The van der Waals surface area contributed by atoms with Gasteiger partial charge in [0.05, 0.1) is 11.1 Å². The van der Waals surface area contributed by atoms with Gasteiger partial charge in [-0.3, -0.25) is 34.9 Å². The average molecular weight is 452 g/mol. The molecule has 8 nitrogen and oxygen atoms in total. The molecule has 3 rings (SSSR count). The van der Waals surface area contributed by atoms with Gasteiger partial charge in [0.15, 0.2) is 6.61 Å². The van der Waals surface area contributed by atoms with Crippen molar-refractivity contribution in [3.8, 4) is 5.75 Å². The monoisotopic (exact) mass is 451 g/mol. The fourth-order valence-corrected chi connectivity index (χ4v) is 3.81. The number of fused-ring (bicyclic) bond motifs is 1. The number of hydrogen-bond acceptors (Lipinski definition) is 5. The fraction of sp³-hybridized carbons (Fsp3) is 0.360. The van der Waals surface area contributed by atoms with Crippen LogP contribution in [0.3, 0.4) is 0 Å². The van der Waals surface area contributed by atoms with E-state index in [1.54, 1.807) is 38.1 Å². The highest BCUT2D eigenvalue weighted by atomic mass is 16.5. The molecule has 2 N–H and O–H groups in total. The lowest BCUT2D eigenvalue weighted by atomic mass is 10.0.